The lowest BCUT2D eigenvalue weighted by Gasteiger charge is -2.22. The van der Waals surface area contributed by atoms with Crippen LogP contribution in [0.25, 0.3) is 10.9 Å². The van der Waals surface area contributed by atoms with E-state index in [9.17, 15) is 9.18 Å². The predicted octanol–water partition coefficient (Wildman–Crippen LogP) is 4.53. The number of nitrogens with zero attached hydrogens (tertiary/aromatic N) is 4. The number of hydrogen-bond donors (Lipinski definition) is 2. The first-order valence-corrected chi connectivity index (χ1v) is 12.6. The number of amides is 1. The Kier molecular flexibility index (Phi) is 6.85. The fraction of sp³-hybridized carbons (Fsp3) is 0.423. The molecule has 2 fully saturated rings. The molecule has 190 valence electrons. The quantitative estimate of drug-likeness (QED) is 0.429. The fourth-order valence-corrected chi connectivity index (χ4v) is 5.39. The van der Waals surface area contributed by atoms with Gasteiger partial charge >= 0.3 is 0 Å². The molecule has 3 heterocycles. The van der Waals surface area contributed by atoms with E-state index in [1.807, 2.05) is 31.1 Å². The summed E-state index contributed by atoms with van der Waals surface area (Å²) in [6.45, 7) is 4.04. The molecule has 1 unspecified atom stereocenters. The van der Waals surface area contributed by atoms with E-state index in [0.29, 0.717) is 35.0 Å². The van der Waals surface area contributed by atoms with E-state index < -0.39 is 5.82 Å². The van der Waals surface area contributed by atoms with Crippen LogP contribution in [0, 0.1) is 11.2 Å². The molecule has 0 radical (unpaired) electrons. The smallest absolute Gasteiger partial charge is 0.229 e. The van der Waals surface area contributed by atoms with Gasteiger partial charge in [-0.2, -0.15) is 0 Å². The number of fused-ring (bicyclic) bond motifs is 1. The molecule has 1 aromatic heterocycles. The zero-order valence-electron chi connectivity index (χ0n) is 20.5. The molecule has 1 spiro atoms. The van der Waals surface area contributed by atoms with Crippen molar-refractivity contribution in [3.63, 3.8) is 0 Å². The highest BCUT2D eigenvalue weighted by Crippen LogP contribution is 2.40. The Labute approximate surface area is 214 Å². The number of nitrogens with one attached hydrogen (secondary N) is 2. The molecular weight excluding hydrogens is 483 g/mol. The van der Waals surface area contributed by atoms with Crippen LogP contribution in [0.2, 0.25) is 5.02 Å². The molecule has 0 aliphatic carbocycles. The summed E-state index contributed by atoms with van der Waals surface area (Å²) in [5.74, 6) is 0.881. The third kappa shape index (κ3) is 4.65. The lowest BCUT2D eigenvalue weighted by atomic mass is 9.86. The van der Waals surface area contributed by atoms with E-state index in [2.05, 4.69) is 25.5 Å². The normalized spacial score (nSPS) is 20.0. The van der Waals surface area contributed by atoms with Crippen LogP contribution in [0.15, 0.2) is 36.7 Å². The SMILES string of the molecule is CNc1cc2ncnc(Nc3cccc(Cl)c3F)c2cc1OCCCN1CCC2(CCN(C)C2=O)C1. The van der Waals surface area contributed by atoms with Crippen LogP contribution >= 0.6 is 11.6 Å². The van der Waals surface area contributed by atoms with Crippen LogP contribution in [0.3, 0.4) is 0 Å². The Morgan fingerprint density at radius 1 is 1.19 bits per heavy atom. The number of anilines is 3. The van der Waals surface area contributed by atoms with E-state index in [0.717, 1.165) is 51.1 Å². The summed E-state index contributed by atoms with van der Waals surface area (Å²) in [5, 5.41) is 6.93. The molecule has 3 aromatic rings. The largest absolute Gasteiger partial charge is 0.491 e. The van der Waals surface area contributed by atoms with Gasteiger partial charge in [0.05, 0.1) is 33.9 Å². The van der Waals surface area contributed by atoms with Gasteiger partial charge in [0.2, 0.25) is 5.91 Å². The van der Waals surface area contributed by atoms with Crippen molar-refractivity contribution in [3.05, 3.63) is 47.5 Å². The molecule has 0 bridgehead atoms. The topological polar surface area (TPSA) is 82.6 Å². The summed E-state index contributed by atoms with van der Waals surface area (Å²) in [5.41, 5.74) is 1.55. The number of carbonyl (C=O) groups is 1. The van der Waals surface area contributed by atoms with Gasteiger partial charge in [-0.1, -0.05) is 17.7 Å². The van der Waals surface area contributed by atoms with Crippen molar-refractivity contribution in [2.24, 2.45) is 5.41 Å². The Bertz CT molecular complexity index is 1290. The van der Waals surface area contributed by atoms with Crippen LogP contribution in [0.5, 0.6) is 5.75 Å². The van der Waals surface area contributed by atoms with Gasteiger partial charge in [0.25, 0.3) is 0 Å². The molecule has 1 atom stereocenters. The van der Waals surface area contributed by atoms with Crippen LogP contribution in [-0.2, 0) is 4.79 Å². The standard InChI is InChI=1S/C26H30ClFN6O2/c1-29-21-14-20-17(24(31-16-30-20)32-19-6-3-5-18(27)23(19)28)13-22(21)36-12-4-9-34-11-8-26(15-34)7-10-33(2)25(26)35/h3,5-6,13-14,16,29H,4,7-12,15H2,1-2H3,(H,30,31,32). The van der Waals surface area contributed by atoms with Gasteiger partial charge < -0.3 is 25.2 Å². The third-order valence-electron chi connectivity index (χ3n) is 7.25. The van der Waals surface area contributed by atoms with Crippen molar-refractivity contribution in [2.75, 3.05) is 57.5 Å². The third-order valence-corrected chi connectivity index (χ3v) is 7.54. The first-order chi connectivity index (χ1) is 17.4. The van der Waals surface area contributed by atoms with Crippen molar-refractivity contribution in [1.82, 2.24) is 19.8 Å². The molecule has 2 aliphatic rings. The van der Waals surface area contributed by atoms with Gasteiger partial charge in [-0.3, -0.25) is 4.79 Å². The van der Waals surface area contributed by atoms with Crippen molar-refractivity contribution < 1.29 is 13.9 Å². The molecule has 36 heavy (non-hydrogen) atoms. The van der Waals surface area contributed by atoms with E-state index in [1.54, 1.807) is 12.1 Å². The first-order valence-electron chi connectivity index (χ1n) is 12.2. The molecule has 2 aromatic carbocycles. The molecule has 2 N–H and O–H groups in total. The van der Waals surface area contributed by atoms with Crippen LogP contribution < -0.4 is 15.4 Å². The van der Waals surface area contributed by atoms with Gasteiger partial charge in [0, 0.05) is 39.1 Å². The number of benzene rings is 2. The molecule has 0 saturated carbocycles. The van der Waals surface area contributed by atoms with Crippen LogP contribution in [0.1, 0.15) is 19.3 Å². The molecule has 5 rings (SSSR count). The average molecular weight is 513 g/mol. The zero-order chi connectivity index (χ0) is 25.3. The second kappa shape index (κ2) is 10.1. The number of ether oxygens (including phenoxy) is 1. The summed E-state index contributed by atoms with van der Waals surface area (Å²) in [4.78, 5) is 25.5. The Morgan fingerprint density at radius 3 is 2.81 bits per heavy atom. The number of halogens is 2. The Morgan fingerprint density at radius 2 is 2.03 bits per heavy atom. The average Bonchev–Trinajstić information content (AvgIpc) is 3.43. The van der Waals surface area contributed by atoms with E-state index in [1.165, 1.54) is 12.4 Å². The van der Waals surface area contributed by atoms with Gasteiger partial charge in [0.1, 0.15) is 17.9 Å². The molecule has 2 saturated heterocycles. The van der Waals surface area contributed by atoms with E-state index in [-0.39, 0.29) is 16.1 Å². The lowest BCUT2D eigenvalue weighted by Crippen LogP contribution is -2.35. The minimum absolute atomic E-state index is 0.0353. The Balaban J connectivity index is 1.26. The number of likely N-dealkylation sites (tertiary alicyclic amines) is 2. The van der Waals surface area contributed by atoms with Gasteiger partial charge in [-0.15, -0.1) is 0 Å². The molecule has 2 aliphatic heterocycles. The maximum Gasteiger partial charge on any atom is 0.229 e. The second-order valence-electron chi connectivity index (χ2n) is 9.55. The lowest BCUT2D eigenvalue weighted by molar-refractivity contribution is -0.134. The van der Waals surface area contributed by atoms with Crippen molar-refractivity contribution in [3.8, 4) is 5.75 Å². The highest BCUT2D eigenvalue weighted by atomic mass is 35.5. The molecular formula is C26H30ClFN6O2. The summed E-state index contributed by atoms with van der Waals surface area (Å²) in [6.07, 6.45) is 4.16. The summed E-state index contributed by atoms with van der Waals surface area (Å²) in [6, 6.07) is 8.53. The highest BCUT2D eigenvalue weighted by molar-refractivity contribution is 6.31. The molecule has 1 amide bonds. The van der Waals surface area contributed by atoms with Gasteiger partial charge in [-0.25, -0.2) is 14.4 Å². The number of hydrogen-bond acceptors (Lipinski definition) is 7. The van der Waals surface area contributed by atoms with Crippen LogP contribution in [-0.4, -0.2) is 72.6 Å². The van der Waals surface area contributed by atoms with Crippen LogP contribution in [0.4, 0.5) is 21.6 Å². The maximum atomic E-state index is 14.5. The van der Waals surface area contributed by atoms with Crippen molar-refractivity contribution >= 4 is 45.6 Å². The predicted molar refractivity (Wildman–Crippen MR) is 140 cm³/mol. The minimum Gasteiger partial charge on any atom is -0.491 e. The molecule has 8 nitrogen and oxygen atoms in total. The molecule has 10 heteroatoms. The number of rotatable bonds is 8. The first kappa shape index (κ1) is 24.5. The van der Waals surface area contributed by atoms with Gasteiger partial charge in [-0.05, 0) is 50.1 Å². The monoisotopic (exact) mass is 512 g/mol. The number of carbonyl (C=O) groups excluding carboxylic acids is 1. The van der Waals surface area contributed by atoms with Gasteiger partial charge in [0.15, 0.2) is 5.82 Å². The Hall–Kier alpha value is -3.17. The van der Waals surface area contributed by atoms with Crippen molar-refractivity contribution in [2.45, 2.75) is 19.3 Å². The maximum absolute atomic E-state index is 14.5. The minimum atomic E-state index is -0.538. The number of aromatic nitrogens is 2. The highest BCUT2D eigenvalue weighted by Gasteiger charge is 2.49. The summed E-state index contributed by atoms with van der Waals surface area (Å²) >= 11 is 5.93. The second-order valence-corrected chi connectivity index (χ2v) is 9.96. The van der Waals surface area contributed by atoms with E-state index in [4.69, 9.17) is 16.3 Å². The van der Waals surface area contributed by atoms with Crippen molar-refractivity contribution in [1.29, 1.82) is 0 Å². The summed E-state index contributed by atoms with van der Waals surface area (Å²) in [7, 11) is 3.73. The zero-order valence-corrected chi connectivity index (χ0v) is 21.2. The fourth-order valence-electron chi connectivity index (χ4n) is 5.22. The summed E-state index contributed by atoms with van der Waals surface area (Å²) < 4.78 is 20.6. The van der Waals surface area contributed by atoms with E-state index >= 15 is 0 Å².